The molecule has 1 aliphatic rings. The van der Waals surface area contributed by atoms with Crippen molar-refractivity contribution in [2.24, 2.45) is 0 Å². The van der Waals surface area contributed by atoms with Gasteiger partial charge in [-0.25, -0.2) is 0 Å². The first-order chi connectivity index (χ1) is 16.7. The quantitative estimate of drug-likeness (QED) is 0.438. The molecule has 7 nitrogen and oxygen atoms in total. The summed E-state index contributed by atoms with van der Waals surface area (Å²) in [6, 6.07) is 25.6. The molecule has 5 rings (SSSR count). The van der Waals surface area contributed by atoms with Crippen LogP contribution in [0.3, 0.4) is 0 Å². The van der Waals surface area contributed by atoms with Crippen molar-refractivity contribution in [2.45, 2.75) is 0 Å². The van der Waals surface area contributed by atoms with Gasteiger partial charge in [0.25, 0.3) is 5.91 Å². The number of hydrogen-bond donors (Lipinski definition) is 0. The van der Waals surface area contributed by atoms with Crippen molar-refractivity contribution < 1.29 is 14.3 Å². The van der Waals surface area contributed by atoms with Gasteiger partial charge in [0.05, 0.1) is 12.8 Å². The maximum Gasteiger partial charge on any atom is 0.260 e. The minimum absolute atomic E-state index is 0.00737. The average molecular weight is 455 g/mol. The summed E-state index contributed by atoms with van der Waals surface area (Å²) in [6.07, 6.45) is 0. The Morgan fingerprint density at radius 3 is 2.47 bits per heavy atom. The van der Waals surface area contributed by atoms with Crippen LogP contribution in [0.15, 0.2) is 78.9 Å². The van der Waals surface area contributed by atoms with E-state index in [-0.39, 0.29) is 12.5 Å². The van der Waals surface area contributed by atoms with Gasteiger partial charge in [0, 0.05) is 37.1 Å². The molecule has 0 saturated carbocycles. The number of carbonyl (C=O) groups excluding carboxylic acids is 1. The SMILES string of the molecule is COc1cccc(-c2ccc(N3CCN(C(=O)COc4cccc5ccccc45)CC3)nn2)c1. The van der Waals surface area contributed by atoms with Crippen LogP contribution in [-0.4, -0.2) is 60.9 Å². The lowest BCUT2D eigenvalue weighted by Crippen LogP contribution is -2.50. The van der Waals surface area contributed by atoms with Crippen molar-refractivity contribution in [3.63, 3.8) is 0 Å². The Bertz CT molecular complexity index is 1280. The molecule has 0 N–H and O–H groups in total. The Morgan fingerprint density at radius 1 is 0.882 bits per heavy atom. The Hall–Kier alpha value is -4.13. The molecule has 2 heterocycles. The third-order valence-corrected chi connectivity index (χ3v) is 6.07. The molecule has 0 bridgehead atoms. The lowest BCUT2D eigenvalue weighted by molar-refractivity contribution is -0.133. The first kappa shape index (κ1) is 21.7. The third-order valence-electron chi connectivity index (χ3n) is 6.07. The number of amides is 1. The first-order valence-electron chi connectivity index (χ1n) is 11.3. The summed E-state index contributed by atoms with van der Waals surface area (Å²) in [5, 5.41) is 10.9. The number of anilines is 1. The van der Waals surface area contributed by atoms with Crippen LogP contribution in [-0.2, 0) is 4.79 Å². The summed E-state index contributed by atoms with van der Waals surface area (Å²) in [4.78, 5) is 16.7. The highest BCUT2D eigenvalue weighted by Crippen LogP contribution is 2.26. The zero-order chi connectivity index (χ0) is 23.3. The van der Waals surface area contributed by atoms with Crippen molar-refractivity contribution in [1.29, 1.82) is 0 Å². The van der Waals surface area contributed by atoms with E-state index in [0.29, 0.717) is 26.2 Å². The van der Waals surface area contributed by atoms with Crippen LogP contribution in [0.25, 0.3) is 22.0 Å². The van der Waals surface area contributed by atoms with E-state index in [0.717, 1.165) is 39.3 Å². The molecule has 1 aliphatic heterocycles. The number of carbonyl (C=O) groups is 1. The van der Waals surface area contributed by atoms with Crippen LogP contribution in [0, 0.1) is 0 Å². The van der Waals surface area contributed by atoms with Gasteiger partial charge in [-0.2, -0.15) is 0 Å². The molecule has 7 heteroatoms. The fourth-order valence-corrected chi connectivity index (χ4v) is 4.17. The van der Waals surface area contributed by atoms with Crippen molar-refractivity contribution in [2.75, 3.05) is 44.8 Å². The Balaban J connectivity index is 1.16. The van der Waals surface area contributed by atoms with Crippen molar-refractivity contribution in [3.05, 3.63) is 78.9 Å². The van der Waals surface area contributed by atoms with E-state index >= 15 is 0 Å². The second kappa shape index (κ2) is 9.79. The van der Waals surface area contributed by atoms with Crippen molar-refractivity contribution in [3.8, 4) is 22.8 Å². The van der Waals surface area contributed by atoms with Crippen molar-refractivity contribution in [1.82, 2.24) is 15.1 Å². The number of fused-ring (bicyclic) bond motifs is 1. The molecular formula is C27H26N4O3. The van der Waals surface area contributed by atoms with Crippen LogP contribution in [0.1, 0.15) is 0 Å². The number of nitrogens with zero attached hydrogens (tertiary/aromatic N) is 4. The van der Waals surface area contributed by atoms with Crippen LogP contribution in [0.2, 0.25) is 0 Å². The number of ether oxygens (including phenoxy) is 2. The fraction of sp³-hybridized carbons (Fsp3) is 0.222. The number of benzene rings is 3. The molecule has 0 radical (unpaired) electrons. The summed E-state index contributed by atoms with van der Waals surface area (Å²) in [5.41, 5.74) is 1.75. The van der Waals surface area contributed by atoms with E-state index in [9.17, 15) is 4.79 Å². The van der Waals surface area contributed by atoms with E-state index in [2.05, 4.69) is 15.1 Å². The van der Waals surface area contributed by atoms with Crippen molar-refractivity contribution >= 4 is 22.5 Å². The predicted molar refractivity (Wildman–Crippen MR) is 132 cm³/mol. The highest BCUT2D eigenvalue weighted by atomic mass is 16.5. The lowest BCUT2D eigenvalue weighted by Gasteiger charge is -2.35. The van der Waals surface area contributed by atoms with Crippen LogP contribution in [0.5, 0.6) is 11.5 Å². The third kappa shape index (κ3) is 4.64. The molecule has 1 fully saturated rings. The number of methoxy groups -OCH3 is 1. The summed E-state index contributed by atoms with van der Waals surface area (Å²) in [5.74, 6) is 2.32. The highest BCUT2D eigenvalue weighted by Gasteiger charge is 2.22. The first-order valence-corrected chi connectivity index (χ1v) is 11.3. The van der Waals surface area contributed by atoms with Gasteiger partial charge in [-0.1, -0.05) is 48.5 Å². The number of aromatic nitrogens is 2. The summed E-state index contributed by atoms with van der Waals surface area (Å²) in [7, 11) is 1.65. The molecule has 1 saturated heterocycles. The molecule has 3 aromatic carbocycles. The summed E-state index contributed by atoms with van der Waals surface area (Å²) in [6.45, 7) is 2.68. The summed E-state index contributed by atoms with van der Waals surface area (Å²) >= 11 is 0. The summed E-state index contributed by atoms with van der Waals surface area (Å²) < 4.78 is 11.2. The second-order valence-electron chi connectivity index (χ2n) is 8.14. The molecule has 0 unspecified atom stereocenters. The monoisotopic (exact) mass is 454 g/mol. The Labute approximate surface area is 198 Å². The van der Waals surface area contributed by atoms with E-state index < -0.39 is 0 Å². The van der Waals surface area contributed by atoms with Gasteiger partial charge in [-0.05, 0) is 35.7 Å². The standard InChI is InChI=1S/C27H26N4O3/c1-33-22-9-4-8-21(18-22)24-12-13-26(29-28-24)30-14-16-31(17-15-30)27(32)19-34-25-11-5-7-20-6-2-3-10-23(20)25/h2-13,18H,14-17,19H2,1H3. The van der Waals surface area contributed by atoms with Gasteiger partial charge >= 0.3 is 0 Å². The minimum Gasteiger partial charge on any atom is -0.497 e. The maximum atomic E-state index is 12.7. The number of rotatable bonds is 6. The smallest absolute Gasteiger partial charge is 0.260 e. The average Bonchev–Trinajstić information content (AvgIpc) is 2.92. The van der Waals surface area contributed by atoms with Gasteiger partial charge in [0.15, 0.2) is 12.4 Å². The highest BCUT2D eigenvalue weighted by molar-refractivity contribution is 5.88. The Morgan fingerprint density at radius 2 is 1.68 bits per heavy atom. The molecule has 0 atom stereocenters. The topological polar surface area (TPSA) is 67.8 Å². The zero-order valence-electron chi connectivity index (χ0n) is 19.1. The second-order valence-corrected chi connectivity index (χ2v) is 8.14. The number of hydrogen-bond acceptors (Lipinski definition) is 6. The van der Waals surface area contributed by atoms with Gasteiger partial charge in [-0.3, -0.25) is 4.79 Å². The lowest BCUT2D eigenvalue weighted by atomic mass is 10.1. The van der Waals surface area contributed by atoms with Gasteiger partial charge in [-0.15, -0.1) is 10.2 Å². The zero-order valence-corrected chi connectivity index (χ0v) is 19.1. The molecular weight excluding hydrogens is 428 g/mol. The van der Waals surface area contributed by atoms with E-state index in [1.54, 1.807) is 7.11 Å². The normalized spacial score (nSPS) is 13.7. The fourth-order valence-electron chi connectivity index (χ4n) is 4.17. The van der Waals surface area contributed by atoms with Gasteiger partial charge in [0.2, 0.25) is 0 Å². The van der Waals surface area contributed by atoms with Crippen LogP contribution < -0.4 is 14.4 Å². The van der Waals surface area contributed by atoms with Gasteiger partial charge in [0.1, 0.15) is 11.5 Å². The maximum absolute atomic E-state index is 12.7. The number of piperazine rings is 1. The predicted octanol–water partition coefficient (Wildman–Crippen LogP) is 4.03. The molecule has 1 amide bonds. The van der Waals surface area contributed by atoms with E-state index in [1.165, 1.54) is 0 Å². The minimum atomic E-state index is -0.00737. The van der Waals surface area contributed by atoms with Gasteiger partial charge < -0.3 is 19.3 Å². The molecule has 0 aliphatic carbocycles. The van der Waals surface area contributed by atoms with E-state index in [4.69, 9.17) is 9.47 Å². The Kier molecular flexibility index (Phi) is 6.25. The molecule has 0 spiro atoms. The molecule has 172 valence electrons. The van der Waals surface area contributed by atoms with Crippen LogP contribution in [0.4, 0.5) is 5.82 Å². The molecule has 1 aromatic heterocycles. The molecule has 34 heavy (non-hydrogen) atoms. The van der Waals surface area contributed by atoms with E-state index in [1.807, 2.05) is 83.8 Å². The largest absolute Gasteiger partial charge is 0.497 e. The van der Waals surface area contributed by atoms with Crippen LogP contribution >= 0.6 is 0 Å². The molecule has 4 aromatic rings.